The molecule has 11 atom stereocenters. The summed E-state index contributed by atoms with van der Waals surface area (Å²) in [5.41, 5.74) is -6.78. The Balaban J connectivity index is 3.49. The van der Waals surface area contributed by atoms with Gasteiger partial charge in [-0.2, -0.15) is 0 Å². The van der Waals surface area contributed by atoms with Crippen LogP contribution in [-0.2, 0) is 83.1 Å². The zero-order valence-electron chi connectivity index (χ0n) is 65.4. The number of hydrogen-bond acceptors (Lipinski definition) is 17. The van der Waals surface area contributed by atoms with Crippen molar-refractivity contribution in [2.24, 2.45) is 41.4 Å². The minimum atomic E-state index is -1.84. The average Bonchev–Trinajstić information content (AvgIpc) is 0.816. The highest BCUT2D eigenvalue weighted by molar-refractivity contribution is 6.01. The van der Waals surface area contributed by atoms with Crippen LogP contribution in [0.15, 0.2) is 30.3 Å². The number of methoxy groups -OCH3 is 1. The number of ether oxygens (including phenoxy) is 3. The van der Waals surface area contributed by atoms with Crippen molar-refractivity contribution in [2.45, 2.75) is 282 Å². The lowest BCUT2D eigenvalue weighted by Gasteiger charge is -2.35. The van der Waals surface area contributed by atoms with E-state index in [-0.39, 0.29) is 6.61 Å². The van der Waals surface area contributed by atoms with E-state index in [9.17, 15) is 67.1 Å². The molecule has 1 aromatic carbocycles. The van der Waals surface area contributed by atoms with Gasteiger partial charge in [-0.3, -0.25) is 57.5 Å². The number of rotatable bonds is 39. The molecule has 0 aliphatic rings. The summed E-state index contributed by atoms with van der Waals surface area (Å²) in [7, 11) is 1.18. The molecule has 13 N–H and O–H groups in total. The van der Waals surface area contributed by atoms with E-state index in [2.05, 4.69) is 69.1 Å². The molecule has 0 unspecified atom stereocenters. The van der Waals surface area contributed by atoms with E-state index in [4.69, 9.17) is 14.2 Å². The maximum Gasteiger partial charge on any atom is 0.408 e. The molecule has 30 nitrogen and oxygen atoms in total. The number of alkyl carbamates (subject to hydrolysis) is 1. The van der Waals surface area contributed by atoms with Crippen LogP contribution in [0.2, 0.25) is 0 Å². The SMILES string of the molecule is CC[C@@H](C)[C@@H](NC(=O)[C@H](NC(=O)[C@H](NC(=O)C(C)(C)NC(=O)CNC(=O)[C@H](NC(=O)OC(C)(C)C)C(C)C)C(C)C)C(C)C)C(=O)NC(C)(C)C(=O)N[C@@H](C(=O)N[C@@H](C(=O)NC(C)(C)C(=O)N[C@@H](C(=O)N[C@@H](C(=O)NC(C)(C)C(=O)OC)[C@H](C)CC)C(C)C)C(C)C)[C@H](C)OCc1ccccc1. The summed E-state index contributed by atoms with van der Waals surface area (Å²) >= 11 is 0. The molecular weight excluding hydrogens is 1320 g/mol. The zero-order chi connectivity index (χ0) is 79.1. The van der Waals surface area contributed by atoms with E-state index in [1.807, 2.05) is 6.92 Å². The lowest BCUT2D eigenvalue weighted by Crippen LogP contribution is -2.66. The summed E-state index contributed by atoms with van der Waals surface area (Å²) in [6.07, 6.45) is -1.14. The molecule has 102 heavy (non-hydrogen) atoms. The van der Waals surface area contributed by atoms with Crippen molar-refractivity contribution >= 4 is 82.9 Å². The Morgan fingerprint density at radius 1 is 0.373 bits per heavy atom. The first-order valence-corrected chi connectivity index (χ1v) is 35.1. The molecule has 1 aromatic rings. The van der Waals surface area contributed by atoms with E-state index in [1.165, 1.54) is 69.4 Å². The van der Waals surface area contributed by atoms with Crippen molar-refractivity contribution in [2.75, 3.05) is 13.7 Å². The quantitative estimate of drug-likeness (QED) is 0.0421. The third kappa shape index (κ3) is 29.1. The molecule has 0 radical (unpaired) electrons. The molecule has 1 rings (SSSR count). The smallest absolute Gasteiger partial charge is 0.408 e. The molecule has 0 fully saturated rings. The summed E-state index contributed by atoms with van der Waals surface area (Å²) < 4.78 is 16.3. The average molecular weight is 1440 g/mol. The number of esters is 1. The molecule has 578 valence electrons. The van der Waals surface area contributed by atoms with Crippen LogP contribution in [0.5, 0.6) is 0 Å². The van der Waals surface area contributed by atoms with Crippen LogP contribution >= 0.6 is 0 Å². The largest absolute Gasteiger partial charge is 0.467 e. The topological polar surface area (TPSA) is 423 Å². The Bertz CT molecular complexity index is 3070. The Labute approximate surface area is 603 Å². The van der Waals surface area contributed by atoms with Gasteiger partial charge in [0.15, 0.2) is 0 Å². The molecule has 0 aromatic heterocycles. The molecule has 0 spiro atoms. The van der Waals surface area contributed by atoms with Gasteiger partial charge in [-0.15, -0.1) is 0 Å². The van der Waals surface area contributed by atoms with Gasteiger partial charge in [-0.25, -0.2) is 9.59 Å². The van der Waals surface area contributed by atoms with E-state index in [0.29, 0.717) is 12.8 Å². The van der Waals surface area contributed by atoms with Gasteiger partial charge in [0.25, 0.3) is 0 Å². The highest BCUT2D eigenvalue weighted by atomic mass is 16.6. The van der Waals surface area contributed by atoms with Crippen LogP contribution in [0.3, 0.4) is 0 Å². The second-order valence-corrected chi connectivity index (χ2v) is 31.1. The lowest BCUT2D eigenvalue weighted by molar-refractivity contribution is -0.150. The Hall–Kier alpha value is -8.44. The minimum Gasteiger partial charge on any atom is -0.467 e. The summed E-state index contributed by atoms with van der Waals surface area (Å²) in [6.45, 7) is 40.8. The van der Waals surface area contributed by atoms with Gasteiger partial charge >= 0.3 is 12.1 Å². The van der Waals surface area contributed by atoms with Gasteiger partial charge in [0.2, 0.25) is 70.9 Å². The first-order valence-electron chi connectivity index (χ1n) is 35.1. The van der Waals surface area contributed by atoms with Crippen LogP contribution in [0.4, 0.5) is 4.79 Å². The Morgan fingerprint density at radius 3 is 1.05 bits per heavy atom. The summed E-state index contributed by atoms with van der Waals surface area (Å²) in [6, 6.07) is -1.24. The number of carbonyl (C=O) groups excluding carboxylic acids is 14. The van der Waals surface area contributed by atoms with Crippen LogP contribution in [0.25, 0.3) is 0 Å². The summed E-state index contributed by atoms with van der Waals surface area (Å²) in [5, 5.41) is 34.6. The predicted molar refractivity (Wildman–Crippen MR) is 384 cm³/mol. The Morgan fingerprint density at radius 2 is 0.686 bits per heavy atom. The molecule has 0 saturated heterocycles. The minimum absolute atomic E-state index is 0.0182. The first-order chi connectivity index (χ1) is 46.7. The van der Waals surface area contributed by atoms with Crippen molar-refractivity contribution < 1.29 is 81.3 Å². The summed E-state index contributed by atoms with van der Waals surface area (Å²) in [5.74, 6) is -13.8. The summed E-state index contributed by atoms with van der Waals surface area (Å²) in [4.78, 5) is 194. The van der Waals surface area contributed by atoms with Gasteiger partial charge in [-0.1, -0.05) is 140 Å². The van der Waals surface area contributed by atoms with E-state index < -0.39 is 213 Å². The molecule has 0 bridgehead atoms. The van der Waals surface area contributed by atoms with Crippen molar-refractivity contribution in [1.82, 2.24) is 69.1 Å². The lowest BCUT2D eigenvalue weighted by atomic mass is 9.94. The Kier molecular flexibility index (Phi) is 35.8. The first kappa shape index (κ1) is 91.6. The van der Waals surface area contributed by atoms with E-state index >= 15 is 0 Å². The van der Waals surface area contributed by atoms with Gasteiger partial charge in [-0.05, 0) is 130 Å². The van der Waals surface area contributed by atoms with Crippen LogP contribution < -0.4 is 69.1 Å². The maximum absolute atomic E-state index is 14.7. The van der Waals surface area contributed by atoms with Crippen LogP contribution in [0.1, 0.15) is 198 Å². The molecule has 0 heterocycles. The van der Waals surface area contributed by atoms with Gasteiger partial charge < -0.3 is 83.3 Å². The maximum atomic E-state index is 14.7. The number of amides is 13. The predicted octanol–water partition coefficient (Wildman–Crippen LogP) is 3.12. The fraction of sp³-hybridized carbons (Fsp3) is 0.722. The second-order valence-electron chi connectivity index (χ2n) is 31.1. The molecule has 30 heteroatoms. The van der Waals surface area contributed by atoms with E-state index in [0.717, 1.165) is 5.56 Å². The highest BCUT2D eigenvalue weighted by Crippen LogP contribution is 2.20. The zero-order valence-corrected chi connectivity index (χ0v) is 65.4. The van der Waals surface area contributed by atoms with Gasteiger partial charge in [0.1, 0.15) is 76.1 Å². The fourth-order valence-electron chi connectivity index (χ4n) is 10.0. The number of nitrogens with one attached hydrogen (secondary N) is 13. The highest BCUT2D eigenvalue weighted by Gasteiger charge is 2.44. The van der Waals surface area contributed by atoms with Crippen LogP contribution in [-0.4, -0.2) is 179 Å². The van der Waals surface area contributed by atoms with Crippen molar-refractivity contribution in [1.29, 1.82) is 0 Å². The molecule has 0 aliphatic carbocycles. The normalized spacial score (nSPS) is 15.4. The number of hydrogen-bond donors (Lipinski definition) is 13. The number of benzene rings is 1. The molecule has 0 saturated carbocycles. The standard InChI is InChI=1S/C72H123N13O17/c1-28-42(13)52(76-56(88)48(38(5)6)74-57(89)49(39(7)8)78-63(95)69(19,20)82-46(86)35-73-55(87)47(37(3)4)81-67(99)102-68(16,17)18)61(93)84-71(23,24)65(97)80-54(44(15)101-36-45-33-31-30-32-34-45)59(91)75-51(41(11)12)60(92)83-70(21,22)64(96)79-50(40(9)10)58(90)77-53(43(14)29-2)62(94)85-72(25,26)66(98)100-27/h30-34,37-44,47-54H,28-29,35-36H2,1-27H3,(H,73,87)(H,74,89)(H,75,91)(H,76,88)(H,77,90)(H,78,95)(H,79,96)(H,80,97)(H,81,99)(H,82,86)(H,83,92)(H,84,93)(H,85,94)/t42-,43-,44+,47-,48-,49-,50-,51-,52-,53-,54-/m1/s1. The third-order valence-corrected chi connectivity index (χ3v) is 17.1. The van der Waals surface area contributed by atoms with Crippen molar-refractivity contribution in [3.05, 3.63) is 35.9 Å². The third-order valence-electron chi connectivity index (χ3n) is 17.1. The van der Waals surface area contributed by atoms with E-state index in [1.54, 1.807) is 141 Å². The molecular formula is C72H123N13O17. The fourth-order valence-corrected chi connectivity index (χ4v) is 10.0. The van der Waals surface area contributed by atoms with Crippen molar-refractivity contribution in [3.8, 4) is 0 Å². The monoisotopic (exact) mass is 1440 g/mol. The second kappa shape index (κ2) is 39.8. The van der Waals surface area contributed by atoms with Gasteiger partial charge in [0, 0.05) is 0 Å². The molecule has 0 aliphatic heterocycles. The van der Waals surface area contributed by atoms with Crippen molar-refractivity contribution in [3.63, 3.8) is 0 Å². The number of carbonyl (C=O) groups is 14. The molecule has 13 amide bonds. The van der Waals surface area contributed by atoms with Crippen LogP contribution in [0, 0.1) is 41.4 Å². The van der Waals surface area contributed by atoms with Gasteiger partial charge in [0.05, 0.1) is 26.4 Å².